The number of ether oxygens (including phenoxy) is 3. The Morgan fingerprint density at radius 1 is 1.16 bits per heavy atom. The van der Waals surface area contributed by atoms with E-state index in [9.17, 15) is 58.2 Å². The monoisotopic (exact) mass is 641 g/mol. The van der Waals surface area contributed by atoms with Crippen LogP contribution in [0.4, 0.5) is 13.2 Å². The summed E-state index contributed by atoms with van der Waals surface area (Å²) in [5.41, 5.74) is -4.36. The van der Waals surface area contributed by atoms with Gasteiger partial charge in [0.1, 0.15) is 29.5 Å². The number of halogens is 3. The predicted octanol–water partition coefficient (Wildman–Crippen LogP) is 0.513. The van der Waals surface area contributed by atoms with Crippen LogP contribution in [0.2, 0.25) is 0 Å². The van der Waals surface area contributed by atoms with Crippen LogP contribution < -0.4 is 10.1 Å². The second-order valence-corrected chi connectivity index (χ2v) is 11.3. The first-order valence-electron chi connectivity index (χ1n) is 13.8. The molecule has 0 saturated carbocycles. The average Bonchev–Trinajstić information content (AvgIpc) is 2.98. The number of phenolic OH excluding ortho intramolecular Hbond substituents is 2. The van der Waals surface area contributed by atoms with Gasteiger partial charge in [-0.15, -0.1) is 0 Å². The molecular weight excluding hydrogens is 611 g/mol. The molecule has 2 aromatic carbocycles. The molecule has 45 heavy (non-hydrogen) atoms. The number of aliphatic hydroxyl groups is 4. The van der Waals surface area contributed by atoms with Gasteiger partial charge in [0, 0.05) is 36.0 Å². The second kappa shape index (κ2) is 11.5. The summed E-state index contributed by atoms with van der Waals surface area (Å²) in [5, 5.41) is 66.6. The Kier molecular flexibility index (Phi) is 8.35. The Morgan fingerprint density at radius 3 is 2.44 bits per heavy atom. The molecule has 1 saturated heterocycles. The van der Waals surface area contributed by atoms with E-state index in [1.807, 2.05) is 0 Å². The van der Waals surface area contributed by atoms with Gasteiger partial charge in [-0.3, -0.25) is 14.4 Å². The number of hydrogen-bond donors (Lipinski definition) is 7. The van der Waals surface area contributed by atoms with E-state index in [1.165, 1.54) is 32.2 Å². The minimum absolute atomic E-state index is 0.0106. The Hall–Kier alpha value is -3.80. The Morgan fingerprint density at radius 2 is 1.82 bits per heavy atom. The summed E-state index contributed by atoms with van der Waals surface area (Å²) in [4.78, 5) is 38.9. The van der Waals surface area contributed by atoms with Gasteiger partial charge < -0.3 is 50.2 Å². The molecule has 0 bridgehead atoms. The highest BCUT2D eigenvalue weighted by molar-refractivity contribution is 6.31. The van der Waals surface area contributed by atoms with Gasteiger partial charge >= 0.3 is 12.1 Å². The van der Waals surface area contributed by atoms with Crippen LogP contribution in [0.1, 0.15) is 68.8 Å². The number of methoxy groups -OCH3 is 1. The number of benzene rings is 2. The van der Waals surface area contributed by atoms with Crippen molar-refractivity contribution in [3.8, 4) is 17.2 Å². The fourth-order valence-electron chi connectivity index (χ4n) is 6.20. The van der Waals surface area contributed by atoms with Crippen molar-refractivity contribution in [2.75, 3.05) is 13.7 Å². The molecule has 16 heteroatoms. The van der Waals surface area contributed by atoms with Crippen molar-refractivity contribution in [3.63, 3.8) is 0 Å². The molecule has 7 atom stereocenters. The number of aliphatic hydroxyl groups excluding tert-OH is 3. The lowest BCUT2D eigenvalue weighted by Gasteiger charge is -2.44. The van der Waals surface area contributed by atoms with Crippen LogP contribution in [0.3, 0.4) is 0 Å². The molecule has 2 unspecified atom stereocenters. The molecule has 1 heterocycles. The maximum Gasteiger partial charge on any atom is 0.471 e. The van der Waals surface area contributed by atoms with Crippen molar-refractivity contribution in [2.24, 2.45) is 0 Å². The number of carbonyl (C=O) groups is 3. The van der Waals surface area contributed by atoms with Gasteiger partial charge in [0.05, 0.1) is 54.3 Å². The highest BCUT2D eigenvalue weighted by Crippen LogP contribution is 2.53. The molecule has 1 fully saturated rings. The van der Waals surface area contributed by atoms with Crippen LogP contribution in [-0.4, -0.2) is 104 Å². The lowest BCUT2D eigenvalue weighted by atomic mass is 9.71. The van der Waals surface area contributed by atoms with Gasteiger partial charge in [0.2, 0.25) is 5.78 Å². The summed E-state index contributed by atoms with van der Waals surface area (Å²) in [6.07, 6.45) is -14.8. The smallest absolute Gasteiger partial charge is 0.471 e. The number of amides is 1. The molecule has 2 aliphatic carbocycles. The summed E-state index contributed by atoms with van der Waals surface area (Å²) < 4.78 is 55.6. The molecule has 0 radical (unpaired) electrons. The van der Waals surface area contributed by atoms with Crippen LogP contribution in [0, 0.1) is 0 Å². The predicted molar refractivity (Wildman–Crippen MR) is 143 cm³/mol. The molecule has 7 N–H and O–H groups in total. The molecule has 2 aromatic rings. The molecule has 1 amide bonds. The summed E-state index contributed by atoms with van der Waals surface area (Å²) in [7, 11) is 1.26. The minimum atomic E-state index is -5.26. The highest BCUT2D eigenvalue weighted by atomic mass is 19.4. The third-order valence-electron chi connectivity index (χ3n) is 8.49. The van der Waals surface area contributed by atoms with Crippen LogP contribution >= 0.6 is 0 Å². The Bertz CT molecular complexity index is 1560. The number of alkyl halides is 3. The third-order valence-corrected chi connectivity index (χ3v) is 8.49. The molecule has 5 rings (SSSR count). The van der Waals surface area contributed by atoms with Gasteiger partial charge in [-0.2, -0.15) is 13.2 Å². The summed E-state index contributed by atoms with van der Waals surface area (Å²) >= 11 is 0. The van der Waals surface area contributed by atoms with E-state index in [2.05, 4.69) is 0 Å². The first-order valence-corrected chi connectivity index (χ1v) is 13.8. The highest BCUT2D eigenvalue weighted by Gasteiger charge is 2.51. The topological polar surface area (TPSA) is 212 Å². The number of carbonyl (C=O) groups excluding carboxylic acids is 3. The lowest BCUT2D eigenvalue weighted by Crippen LogP contribution is -2.57. The number of nitrogens with one attached hydrogen (secondary N) is 1. The van der Waals surface area contributed by atoms with E-state index in [4.69, 9.17) is 14.2 Å². The fraction of sp³-hybridized carbons (Fsp3) is 0.483. The van der Waals surface area contributed by atoms with Gasteiger partial charge in [0.15, 0.2) is 12.1 Å². The lowest BCUT2D eigenvalue weighted by molar-refractivity contribution is -0.254. The van der Waals surface area contributed by atoms with E-state index in [-0.39, 0.29) is 28.0 Å². The summed E-state index contributed by atoms with van der Waals surface area (Å²) in [6.45, 7) is 0.331. The van der Waals surface area contributed by atoms with Crippen molar-refractivity contribution in [3.05, 3.63) is 51.6 Å². The molecule has 0 spiro atoms. The molecular formula is C29H30F3NO12. The molecule has 0 aromatic heterocycles. The number of phenols is 2. The maximum absolute atomic E-state index is 13.7. The van der Waals surface area contributed by atoms with Crippen LogP contribution in [0.5, 0.6) is 17.2 Å². The molecule has 244 valence electrons. The van der Waals surface area contributed by atoms with Crippen molar-refractivity contribution in [2.45, 2.75) is 74.7 Å². The number of rotatable bonds is 6. The molecule has 1 aliphatic heterocycles. The van der Waals surface area contributed by atoms with E-state index in [0.29, 0.717) is 0 Å². The second-order valence-electron chi connectivity index (χ2n) is 11.3. The van der Waals surface area contributed by atoms with E-state index >= 15 is 0 Å². The maximum atomic E-state index is 13.7. The third kappa shape index (κ3) is 5.40. The number of hydrogen-bond acceptors (Lipinski definition) is 12. The normalized spacial score (nSPS) is 28.5. The SMILES string of the molecule is COc1cccc2c1C(=O)c1c(O)c3c(c(O)c1C2=O)C[C@@](O)(C(O)CO)CC3O[C@H]1C[C@H](NC(=O)C(F)(F)F)[C@H](O)[C@H](C)O1. The summed E-state index contributed by atoms with van der Waals surface area (Å²) in [6, 6.07) is 2.65. The number of ketones is 2. The van der Waals surface area contributed by atoms with Gasteiger partial charge in [-0.1, -0.05) is 12.1 Å². The van der Waals surface area contributed by atoms with Crippen molar-refractivity contribution in [1.82, 2.24) is 5.32 Å². The molecule has 13 nitrogen and oxygen atoms in total. The number of aromatic hydroxyl groups is 2. The fourth-order valence-corrected chi connectivity index (χ4v) is 6.20. The quantitative estimate of drug-likeness (QED) is 0.184. The largest absolute Gasteiger partial charge is 0.507 e. The zero-order valence-electron chi connectivity index (χ0n) is 23.8. The van der Waals surface area contributed by atoms with E-state index in [0.717, 1.165) is 0 Å². The standard InChI is InChI=1S/C29H30F3NO12/c1-10-22(36)13(33-27(41)29(30,31)32)6-17(44-10)45-15-8-28(42,16(35)9-34)7-12-19(15)26(40)21-20(24(12)38)23(37)11-4-3-5-14(43-2)18(11)25(21)39/h3-5,10,13,15-17,22,34-36,38,40,42H,6-9H2,1-2H3,(H,33,41)/t10-,13-,15?,16?,17-,22+,28-/m0/s1. The molecule has 3 aliphatic rings. The summed E-state index contributed by atoms with van der Waals surface area (Å²) in [5.74, 6) is -5.69. The van der Waals surface area contributed by atoms with Gasteiger partial charge in [-0.25, -0.2) is 0 Å². The number of fused-ring (bicyclic) bond motifs is 3. The minimum Gasteiger partial charge on any atom is -0.507 e. The zero-order valence-corrected chi connectivity index (χ0v) is 23.8. The van der Waals surface area contributed by atoms with Crippen molar-refractivity contribution < 1.29 is 72.4 Å². The Labute approximate surface area is 252 Å². The van der Waals surface area contributed by atoms with E-state index < -0.39 is 114 Å². The van der Waals surface area contributed by atoms with E-state index in [1.54, 1.807) is 5.32 Å². The van der Waals surface area contributed by atoms with Crippen LogP contribution in [-0.2, 0) is 20.7 Å². The van der Waals surface area contributed by atoms with Crippen LogP contribution in [0.25, 0.3) is 0 Å². The van der Waals surface area contributed by atoms with Gasteiger partial charge in [-0.05, 0) is 13.0 Å². The first-order chi connectivity index (χ1) is 21.0. The van der Waals surface area contributed by atoms with Crippen molar-refractivity contribution >= 4 is 17.5 Å². The first kappa shape index (κ1) is 32.6. The van der Waals surface area contributed by atoms with Crippen molar-refractivity contribution in [1.29, 1.82) is 0 Å². The zero-order chi connectivity index (χ0) is 33.2. The van der Waals surface area contributed by atoms with Gasteiger partial charge in [0.25, 0.3) is 0 Å². The average molecular weight is 642 g/mol. The Balaban J connectivity index is 1.61. The van der Waals surface area contributed by atoms with Crippen LogP contribution in [0.15, 0.2) is 18.2 Å².